The van der Waals surface area contributed by atoms with E-state index in [4.69, 9.17) is 4.74 Å². The van der Waals surface area contributed by atoms with Crippen molar-refractivity contribution in [1.29, 1.82) is 0 Å². The average molecular weight is 258 g/mol. The third-order valence-corrected chi connectivity index (χ3v) is 4.11. The average Bonchev–Trinajstić information content (AvgIpc) is 2.67. The third kappa shape index (κ3) is 2.41. The Labute approximate surface area is 115 Å². The molecule has 0 radical (unpaired) electrons. The number of ether oxygens (including phenoxy) is 1. The molecule has 1 aromatic carbocycles. The zero-order valence-corrected chi connectivity index (χ0v) is 12.1. The van der Waals surface area contributed by atoms with Gasteiger partial charge < -0.3 is 4.74 Å². The molecule has 0 heterocycles. The number of aryl methyl sites for hydroxylation is 2. The van der Waals surface area contributed by atoms with E-state index in [1.807, 2.05) is 20.8 Å². The summed E-state index contributed by atoms with van der Waals surface area (Å²) in [6.07, 6.45) is 6.34. The van der Waals surface area contributed by atoms with Crippen LogP contribution in [0.1, 0.15) is 55.0 Å². The predicted octanol–water partition coefficient (Wildman–Crippen LogP) is 3.16. The van der Waals surface area contributed by atoms with Gasteiger partial charge in [0, 0.05) is 0 Å². The zero-order valence-electron chi connectivity index (χ0n) is 12.1. The van der Waals surface area contributed by atoms with Crippen LogP contribution in [0.2, 0.25) is 0 Å². The van der Waals surface area contributed by atoms with E-state index in [9.17, 15) is 4.79 Å². The van der Waals surface area contributed by atoms with Crippen LogP contribution in [0.3, 0.4) is 0 Å². The van der Waals surface area contributed by atoms with Gasteiger partial charge in [0.15, 0.2) is 0 Å². The lowest BCUT2D eigenvalue weighted by Gasteiger charge is -2.26. The quantitative estimate of drug-likeness (QED) is 0.762. The highest BCUT2D eigenvalue weighted by Crippen LogP contribution is 2.36. The lowest BCUT2D eigenvalue weighted by Crippen LogP contribution is -2.26. The largest absolute Gasteiger partial charge is 0.460 e. The van der Waals surface area contributed by atoms with Crippen molar-refractivity contribution < 1.29 is 9.53 Å². The first kappa shape index (κ1) is 12.7. The molecule has 2 nitrogen and oxygen atoms in total. The minimum Gasteiger partial charge on any atom is -0.460 e. The molecule has 0 saturated heterocycles. The summed E-state index contributed by atoms with van der Waals surface area (Å²) in [4.78, 5) is 12.1. The molecule has 2 aliphatic carbocycles. The number of rotatable bonds is 2. The van der Waals surface area contributed by atoms with Crippen LogP contribution < -0.4 is 0 Å². The van der Waals surface area contributed by atoms with E-state index in [2.05, 4.69) is 6.07 Å². The van der Waals surface area contributed by atoms with E-state index in [-0.39, 0.29) is 11.6 Å². The first-order valence-corrected chi connectivity index (χ1v) is 7.31. The van der Waals surface area contributed by atoms with Gasteiger partial charge in [-0.3, -0.25) is 4.79 Å². The highest BCUT2D eigenvalue weighted by molar-refractivity contribution is 5.75. The molecule has 0 aromatic heterocycles. The van der Waals surface area contributed by atoms with Gasteiger partial charge >= 0.3 is 5.97 Å². The molecule has 102 valence electrons. The zero-order chi connectivity index (χ0) is 13.6. The number of hydrogen-bond donors (Lipinski definition) is 0. The highest BCUT2D eigenvalue weighted by Gasteiger charge is 2.27. The predicted molar refractivity (Wildman–Crippen MR) is 75.4 cm³/mol. The Morgan fingerprint density at radius 3 is 2.42 bits per heavy atom. The van der Waals surface area contributed by atoms with E-state index in [1.54, 1.807) is 0 Å². The molecule has 0 amide bonds. The molecule has 1 aromatic rings. The van der Waals surface area contributed by atoms with Gasteiger partial charge in [-0.25, -0.2) is 0 Å². The van der Waals surface area contributed by atoms with E-state index in [0.29, 0.717) is 6.42 Å². The smallest absolute Gasteiger partial charge is 0.310 e. The third-order valence-electron chi connectivity index (χ3n) is 4.11. The minimum atomic E-state index is -0.387. The van der Waals surface area contributed by atoms with Crippen LogP contribution in [-0.2, 0) is 41.6 Å². The molecule has 0 bridgehead atoms. The number of esters is 1. The fourth-order valence-corrected chi connectivity index (χ4v) is 3.30. The lowest BCUT2D eigenvalue weighted by molar-refractivity contribution is -0.153. The Morgan fingerprint density at radius 2 is 1.79 bits per heavy atom. The van der Waals surface area contributed by atoms with Crippen molar-refractivity contribution in [2.45, 2.75) is 64.9 Å². The summed E-state index contributed by atoms with van der Waals surface area (Å²) in [7, 11) is 0. The van der Waals surface area contributed by atoms with Crippen molar-refractivity contribution in [3.8, 4) is 0 Å². The van der Waals surface area contributed by atoms with Crippen LogP contribution in [0, 0.1) is 0 Å². The molecule has 0 N–H and O–H groups in total. The van der Waals surface area contributed by atoms with Gasteiger partial charge in [0.25, 0.3) is 0 Å². The van der Waals surface area contributed by atoms with Crippen molar-refractivity contribution in [3.63, 3.8) is 0 Å². The molecule has 0 atom stereocenters. The van der Waals surface area contributed by atoms with Crippen LogP contribution in [0.4, 0.5) is 0 Å². The number of carbonyl (C=O) groups is 1. The molecule has 0 fully saturated rings. The first-order valence-electron chi connectivity index (χ1n) is 7.31. The van der Waals surface area contributed by atoms with Crippen molar-refractivity contribution in [3.05, 3.63) is 33.9 Å². The molecule has 2 aliphatic rings. The monoisotopic (exact) mass is 258 g/mol. The van der Waals surface area contributed by atoms with Crippen molar-refractivity contribution in [2.24, 2.45) is 0 Å². The molecule has 0 spiro atoms. The van der Waals surface area contributed by atoms with E-state index in [0.717, 1.165) is 12.8 Å². The van der Waals surface area contributed by atoms with Gasteiger partial charge in [0.2, 0.25) is 0 Å². The summed E-state index contributed by atoms with van der Waals surface area (Å²) in [5.41, 5.74) is 6.75. The Morgan fingerprint density at radius 1 is 1.11 bits per heavy atom. The highest BCUT2D eigenvalue weighted by atomic mass is 16.6. The fourth-order valence-electron chi connectivity index (χ4n) is 3.30. The van der Waals surface area contributed by atoms with Gasteiger partial charge in [0.05, 0.1) is 6.42 Å². The van der Waals surface area contributed by atoms with E-state index < -0.39 is 0 Å². The maximum atomic E-state index is 12.1. The van der Waals surface area contributed by atoms with Crippen molar-refractivity contribution in [1.82, 2.24) is 0 Å². The second-order valence-corrected chi connectivity index (χ2v) is 6.75. The van der Waals surface area contributed by atoms with Gasteiger partial charge in [-0.15, -0.1) is 0 Å². The molecule has 19 heavy (non-hydrogen) atoms. The van der Waals surface area contributed by atoms with Crippen molar-refractivity contribution >= 4 is 5.97 Å². The van der Waals surface area contributed by atoms with Crippen molar-refractivity contribution in [2.75, 3.05) is 0 Å². The van der Waals surface area contributed by atoms with Crippen LogP contribution in [0.25, 0.3) is 0 Å². The molecular weight excluding hydrogens is 236 g/mol. The molecule has 0 unspecified atom stereocenters. The summed E-state index contributed by atoms with van der Waals surface area (Å²) in [5.74, 6) is -0.0816. The molecule has 2 heteroatoms. The van der Waals surface area contributed by atoms with Crippen LogP contribution in [0.5, 0.6) is 0 Å². The van der Waals surface area contributed by atoms with Crippen LogP contribution in [0.15, 0.2) is 6.07 Å². The van der Waals surface area contributed by atoms with Crippen LogP contribution in [-0.4, -0.2) is 11.6 Å². The standard InChI is InChI=1S/C17H22O2/c1-17(2,3)19-16(18)10-15-13-6-4-5-11(13)9-12-7-8-14(12)15/h9H,4-8,10H2,1-3H3. The first-order chi connectivity index (χ1) is 8.94. The van der Waals surface area contributed by atoms with Gasteiger partial charge in [-0.1, -0.05) is 6.07 Å². The Kier molecular flexibility index (Phi) is 2.92. The summed E-state index contributed by atoms with van der Waals surface area (Å²) >= 11 is 0. The fraction of sp³-hybridized carbons (Fsp3) is 0.588. The number of hydrogen-bond acceptors (Lipinski definition) is 2. The Bertz CT molecular complexity index is 535. The maximum Gasteiger partial charge on any atom is 0.310 e. The van der Waals surface area contributed by atoms with E-state index >= 15 is 0 Å². The number of benzene rings is 1. The summed E-state index contributed by atoms with van der Waals surface area (Å²) in [6, 6.07) is 2.37. The maximum absolute atomic E-state index is 12.1. The summed E-state index contributed by atoms with van der Waals surface area (Å²) in [6.45, 7) is 5.79. The molecule has 3 rings (SSSR count). The molecule has 0 saturated carbocycles. The SMILES string of the molecule is CC(C)(C)OC(=O)Cc1c2c(cc3c1CC3)CCC2. The summed E-state index contributed by atoms with van der Waals surface area (Å²) < 4.78 is 5.48. The second kappa shape index (κ2) is 4.36. The second-order valence-electron chi connectivity index (χ2n) is 6.75. The molecular formula is C17H22O2. The number of fused-ring (bicyclic) bond motifs is 2. The normalized spacial score (nSPS) is 16.6. The van der Waals surface area contributed by atoms with Gasteiger partial charge in [-0.05, 0) is 80.7 Å². The Hall–Kier alpha value is -1.31. The van der Waals surface area contributed by atoms with Crippen LogP contribution >= 0.6 is 0 Å². The molecule has 0 aliphatic heterocycles. The Balaban J connectivity index is 1.87. The summed E-state index contributed by atoms with van der Waals surface area (Å²) in [5, 5.41) is 0. The topological polar surface area (TPSA) is 26.3 Å². The van der Waals surface area contributed by atoms with E-state index in [1.165, 1.54) is 47.1 Å². The minimum absolute atomic E-state index is 0.0816. The number of carbonyl (C=O) groups excluding carboxylic acids is 1. The van der Waals surface area contributed by atoms with Gasteiger partial charge in [-0.2, -0.15) is 0 Å². The lowest BCUT2D eigenvalue weighted by atomic mass is 9.80. The van der Waals surface area contributed by atoms with Gasteiger partial charge in [0.1, 0.15) is 5.60 Å².